The highest BCUT2D eigenvalue weighted by Gasteiger charge is 2.38. The fourth-order valence-corrected chi connectivity index (χ4v) is 1.29. The van der Waals surface area contributed by atoms with Crippen LogP contribution >= 0.6 is 31.9 Å². The van der Waals surface area contributed by atoms with E-state index in [0.29, 0.717) is 0 Å². The summed E-state index contributed by atoms with van der Waals surface area (Å²) < 4.78 is 10.9. The van der Waals surface area contributed by atoms with E-state index in [1.54, 1.807) is 0 Å². The summed E-state index contributed by atoms with van der Waals surface area (Å²) in [4.78, 5) is 0. The molecule has 0 radical (unpaired) electrons. The van der Waals surface area contributed by atoms with Crippen LogP contribution in [0.3, 0.4) is 0 Å². The highest BCUT2D eigenvalue weighted by atomic mass is 79.9. The molecular weight excluding hydrogens is 263 g/mol. The van der Waals surface area contributed by atoms with E-state index in [1.165, 1.54) is 0 Å². The first kappa shape index (κ1) is 9.04. The van der Waals surface area contributed by atoms with Gasteiger partial charge >= 0.3 is 7.12 Å². The van der Waals surface area contributed by atoms with Gasteiger partial charge in [-0.15, -0.1) is 0 Å². The Labute approximate surface area is 78.0 Å². The molecule has 0 saturated carbocycles. The van der Waals surface area contributed by atoms with Crippen molar-refractivity contribution < 1.29 is 9.31 Å². The smallest absolute Gasteiger partial charge is 0.405 e. The van der Waals surface area contributed by atoms with Crippen LogP contribution in [0.15, 0.2) is 0 Å². The van der Waals surface area contributed by atoms with Crippen molar-refractivity contribution in [2.75, 3.05) is 0 Å². The Morgan fingerprint density at radius 1 is 1.20 bits per heavy atom. The second kappa shape index (κ2) is 3.56. The van der Waals surface area contributed by atoms with Crippen LogP contribution < -0.4 is 0 Å². The Morgan fingerprint density at radius 2 is 1.60 bits per heavy atom. The predicted molar refractivity (Wildman–Crippen MR) is 48.5 cm³/mol. The average Bonchev–Trinajstić information content (AvgIpc) is 2.13. The van der Waals surface area contributed by atoms with Crippen molar-refractivity contribution in [3.8, 4) is 0 Å². The molecule has 1 aliphatic rings. The number of hydrogen-bond acceptors (Lipinski definition) is 2. The minimum absolute atomic E-state index is 0.0902. The van der Waals surface area contributed by atoms with E-state index in [0.717, 1.165) is 0 Å². The number of rotatable bonds is 1. The Morgan fingerprint density at radius 3 is 1.80 bits per heavy atom. The quantitative estimate of drug-likeness (QED) is 0.536. The lowest BCUT2D eigenvalue weighted by Gasteiger charge is -2.04. The zero-order valence-electron chi connectivity index (χ0n) is 5.88. The lowest BCUT2D eigenvalue weighted by Crippen LogP contribution is -2.23. The molecule has 1 heterocycles. The van der Waals surface area contributed by atoms with Crippen molar-refractivity contribution in [3.05, 3.63) is 0 Å². The second-order valence-electron chi connectivity index (χ2n) is 2.39. The van der Waals surface area contributed by atoms with Crippen LogP contribution in [-0.4, -0.2) is 23.0 Å². The Balaban J connectivity index is 2.41. The monoisotopic (exact) mass is 270 g/mol. The summed E-state index contributed by atoms with van der Waals surface area (Å²) in [5.74, 6) is 0. The van der Waals surface area contributed by atoms with Gasteiger partial charge in [0.1, 0.15) is 3.64 Å². The van der Waals surface area contributed by atoms with Gasteiger partial charge in [0.25, 0.3) is 0 Å². The highest BCUT2D eigenvalue weighted by molar-refractivity contribution is 9.25. The van der Waals surface area contributed by atoms with E-state index in [9.17, 15) is 0 Å². The molecular formula is C5H9BBr2O2. The summed E-state index contributed by atoms with van der Waals surface area (Å²) in [6.45, 7) is 4.01. The molecule has 1 rings (SSSR count). The number of hydrogen-bond donors (Lipinski definition) is 0. The second-order valence-corrected chi connectivity index (χ2v) is 5.59. The van der Waals surface area contributed by atoms with Gasteiger partial charge in [-0.1, -0.05) is 31.9 Å². The molecule has 0 aromatic rings. The fraction of sp³-hybridized carbons (Fsp3) is 1.00. The topological polar surface area (TPSA) is 18.5 Å². The molecule has 2 atom stereocenters. The van der Waals surface area contributed by atoms with Crippen molar-refractivity contribution in [1.82, 2.24) is 0 Å². The third kappa shape index (κ3) is 1.97. The minimum Gasteiger partial charge on any atom is -0.405 e. The molecule has 10 heavy (non-hydrogen) atoms. The van der Waals surface area contributed by atoms with Crippen molar-refractivity contribution in [2.45, 2.75) is 29.7 Å². The third-order valence-corrected chi connectivity index (χ3v) is 2.43. The van der Waals surface area contributed by atoms with Gasteiger partial charge in [-0.3, -0.25) is 0 Å². The maximum absolute atomic E-state index is 5.42. The molecule has 0 bridgehead atoms. The summed E-state index contributed by atoms with van der Waals surface area (Å²) in [6, 6.07) is 0. The first-order chi connectivity index (χ1) is 4.61. The van der Waals surface area contributed by atoms with Crippen LogP contribution in [0.4, 0.5) is 0 Å². The van der Waals surface area contributed by atoms with Gasteiger partial charge in [-0.25, -0.2) is 0 Å². The third-order valence-electron chi connectivity index (χ3n) is 1.56. The predicted octanol–water partition coefficient (Wildman–Crippen LogP) is 1.95. The first-order valence-corrected chi connectivity index (χ1v) is 5.03. The van der Waals surface area contributed by atoms with Crippen LogP contribution in [0.5, 0.6) is 0 Å². The van der Waals surface area contributed by atoms with Crippen LogP contribution in [0, 0.1) is 0 Å². The van der Waals surface area contributed by atoms with E-state index in [-0.39, 0.29) is 23.0 Å². The highest BCUT2D eigenvalue weighted by Crippen LogP contribution is 2.24. The van der Waals surface area contributed by atoms with E-state index >= 15 is 0 Å². The zero-order valence-corrected chi connectivity index (χ0v) is 9.05. The Hall–Kier alpha value is 0.945. The Bertz CT molecular complexity index is 112. The van der Waals surface area contributed by atoms with Crippen LogP contribution in [-0.2, 0) is 9.31 Å². The van der Waals surface area contributed by atoms with E-state index in [2.05, 4.69) is 31.9 Å². The largest absolute Gasteiger partial charge is 0.483 e. The van der Waals surface area contributed by atoms with Gasteiger partial charge in [0, 0.05) is 0 Å². The number of halogens is 2. The number of alkyl halides is 2. The molecule has 1 saturated heterocycles. The van der Waals surface area contributed by atoms with Crippen LogP contribution in [0.25, 0.3) is 0 Å². The van der Waals surface area contributed by atoms with Crippen molar-refractivity contribution in [3.63, 3.8) is 0 Å². The molecule has 0 aromatic carbocycles. The van der Waals surface area contributed by atoms with Gasteiger partial charge in [-0.05, 0) is 13.8 Å². The van der Waals surface area contributed by atoms with Crippen molar-refractivity contribution >= 4 is 39.0 Å². The van der Waals surface area contributed by atoms with Gasteiger partial charge in [0.15, 0.2) is 0 Å². The molecule has 0 aromatic heterocycles. The fourth-order valence-electron chi connectivity index (χ4n) is 0.795. The molecule has 1 fully saturated rings. The molecule has 2 unspecified atom stereocenters. The van der Waals surface area contributed by atoms with E-state index in [1.807, 2.05) is 13.8 Å². The van der Waals surface area contributed by atoms with Gasteiger partial charge in [0.2, 0.25) is 0 Å². The molecule has 0 amide bonds. The van der Waals surface area contributed by atoms with Crippen LogP contribution in [0.2, 0.25) is 0 Å². The normalized spacial score (nSPS) is 33.9. The average molecular weight is 272 g/mol. The molecule has 0 spiro atoms. The van der Waals surface area contributed by atoms with Gasteiger partial charge < -0.3 is 9.31 Å². The lowest BCUT2D eigenvalue weighted by atomic mass is 9.96. The standard InChI is InChI=1S/C5H9BBr2O2/c1-3-4(2)10-6(9-3)5(7)8/h3-5H,1-2H3. The van der Waals surface area contributed by atoms with Gasteiger partial charge in [0.05, 0.1) is 12.2 Å². The zero-order chi connectivity index (χ0) is 7.72. The van der Waals surface area contributed by atoms with E-state index < -0.39 is 0 Å². The SMILES string of the molecule is CC1OB(C(Br)Br)OC1C. The minimum atomic E-state index is -0.148. The maximum Gasteiger partial charge on any atom is 0.483 e. The summed E-state index contributed by atoms with van der Waals surface area (Å²) in [7, 11) is -0.148. The maximum atomic E-state index is 5.42. The molecule has 5 heteroatoms. The molecule has 0 N–H and O–H groups in total. The molecule has 1 aliphatic heterocycles. The van der Waals surface area contributed by atoms with Crippen molar-refractivity contribution in [1.29, 1.82) is 0 Å². The summed E-state index contributed by atoms with van der Waals surface area (Å²) >= 11 is 6.65. The lowest BCUT2D eigenvalue weighted by molar-refractivity contribution is 0.187. The Kier molecular flexibility index (Phi) is 3.22. The first-order valence-electron chi connectivity index (χ1n) is 3.20. The van der Waals surface area contributed by atoms with Gasteiger partial charge in [-0.2, -0.15) is 0 Å². The summed E-state index contributed by atoms with van der Waals surface area (Å²) in [5.41, 5.74) is 0. The van der Waals surface area contributed by atoms with Crippen molar-refractivity contribution in [2.24, 2.45) is 0 Å². The van der Waals surface area contributed by atoms with Crippen LogP contribution in [0.1, 0.15) is 13.8 Å². The molecule has 0 aliphatic carbocycles. The molecule has 2 nitrogen and oxygen atoms in total. The summed E-state index contributed by atoms with van der Waals surface area (Å²) in [6.07, 6.45) is 0.394. The van der Waals surface area contributed by atoms with E-state index in [4.69, 9.17) is 9.31 Å². The molecule has 58 valence electrons. The summed E-state index contributed by atoms with van der Waals surface area (Å²) in [5, 5.41) is 0.